The van der Waals surface area contributed by atoms with Crippen LogP contribution in [0.25, 0.3) is 0 Å². The highest BCUT2D eigenvalue weighted by Gasteiger charge is 2.21. The number of rotatable bonds is 17. The van der Waals surface area contributed by atoms with Gasteiger partial charge in [-0.25, -0.2) is 0 Å². The van der Waals surface area contributed by atoms with Crippen LogP contribution in [-0.4, -0.2) is 14.5 Å². The molecule has 0 aliphatic heterocycles. The van der Waals surface area contributed by atoms with Crippen molar-refractivity contribution >= 4 is 14.5 Å². The van der Waals surface area contributed by atoms with Crippen molar-refractivity contribution in [1.29, 1.82) is 0 Å². The largest absolute Gasteiger partial charge is 0.643 e. The molecule has 1 rings (SSSR count). The van der Waals surface area contributed by atoms with Crippen molar-refractivity contribution < 1.29 is 3.79 Å². The Morgan fingerprint density at radius 2 is 1.12 bits per heavy atom. The molecule has 0 saturated heterocycles. The highest BCUT2D eigenvalue weighted by Crippen LogP contribution is 2.19. The fraction of sp³-hybridized carbons (Fsp3) is 0.750. The predicted octanol–water partition coefficient (Wildman–Crippen LogP) is 8.34. The molecule has 0 N–H and O–H groups in total. The maximum Gasteiger partial charge on any atom is 0.546 e. The molecular formula is C24H43AlO. The first-order valence-electron chi connectivity index (χ1n) is 11.6. The van der Waals surface area contributed by atoms with Crippen LogP contribution in [0.5, 0.6) is 5.75 Å². The Labute approximate surface area is 168 Å². The standard InChI is InChI=1S/C16H26O.2C4H9.Al/c1-2-3-4-5-6-7-8-9-10-15-11-13-16(17)14-12-15;2*1-3-4-2;/h11-14,17H,2-10H2,1H3;2*1,3-4H2,2H3;/q;;;+1/p-1. The summed E-state index contributed by atoms with van der Waals surface area (Å²) in [7, 11) is 0. The van der Waals surface area contributed by atoms with Gasteiger partial charge in [0.1, 0.15) is 0 Å². The first kappa shape index (κ1) is 23.6. The monoisotopic (exact) mass is 374 g/mol. The van der Waals surface area contributed by atoms with Crippen molar-refractivity contribution in [2.24, 2.45) is 0 Å². The second kappa shape index (κ2) is 16.7. The van der Waals surface area contributed by atoms with E-state index in [9.17, 15) is 0 Å². The first-order valence-corrected chi connectivity index (χ1v) is 13.7. The Balaban J connectivity index is 2.24. The maximum absolute atomic E-state index is 6.40. The molecule has 1 aromatic carbocycles. The van der Waals surface area contributed by atoms with Gasteiger partial charge in [0.25, 0.3) is 0 Å². The van der Waals surface area contributed by atoms with E-state index in [2.05, 4.69) is 45.0 Å². The number of benzene rings is 1. The molecule has 0 aliphatic rings. The molecule has 148 valence electrons. The lowest BCUT2D eigenvalue weighted by molar-refractivity contribution is 0.552. The Hall–Kier alpha value is -0.448. The third kappa shape index (κ3) is 12.0. The van der Waals surface area contributed by atoms with E-state index in [4.69, 9.17) is 3.79 Å². The van der Waals surface area contributed by atoms with Crippen LogP contribution in [0.15, 0.2) is 24.3 Å². The fourth-order valence-electron chi connectivity index (χ4n) is 3.52. The summed E-state index contributed by atoms with van der Waals surface area (Å²) in [6.07, 6.45) is 17.6. The average molecular weight is 375 g/mol. The number of hydrogen-bond donors (Lipinski definition) is 0. The summed E-state index contributed by atoms with van der Waals surface area (Å²) in [5.41, 5.74) is 1.48. The van der Waals surface area contributed by atoms with E-state index < -0.39 is 14.5 Å². The molecule has 1 aromatic rings. The lowest BCUT2D eigenvalue weighted by atomic mass is 10.0. The van der Waals surface area contributed by atoms with Crippen LogP contribution in [0.1, 0.15) is 103 Å². The Kier molecular flexibility index (Phi) is 15.2. The van der Waals surface area contributed by atoms with Crippen LogP contribution < -0.4 is 3.79 Å². The van der Waals surface area contributed by atoms with Gasteiger partial charge in [0.2, 0.25) is 0 Å². The molecule has 26 heavy (non-hydrogen) atoms. The quantitative estimate of drug-likeness (QED) is 0.197. The smallest absolute Gasteiger partial charge is 0.546 e. The van der Waals surface area contributed by atoms with Crippen LogP contribution in [0.3, 0.4) is 0 Å². The topological polar surface area (TPSA) is 9.23 Å². The summed E-state index contributed by atoms with van der Waals surface area (Å²) in [5, 5.41) is 2.66. The van der Waals surface area contributed by atoms with E-state index >= 15 is 0 Å². The summed E-state index contributed by atoms with van der Waals surface area (Å²) in [6.45, 7) is 6.85. The van der Waals surface area contributed by atoms with Gasteiger partial charge in [0, 0.05) is 0 Å². The van der Waals surface area contributed by atoms with E-state index in [1.807, 2.05) is 0 Å². The minimum Gasteiger partial charge on any atom is -0.643 e. The van der Waals surface area contributed by atoms with E-state index in [1.54, 1.807) is 0 Å². The molecule has 0 saturated carbocycles. The Bertz CT molecular complexity index is 407. The summed E-state index contributed by atoms with van der Waals surface area (Å²) >= 11 is -1.06. The van der Waals surface area contributed by atoms with Gasteiger partial charge in [0.15, 0.2) is 0 Å². The zero-order valence-electron chi connectivity index (χ0n) is 17.9. The van der Waals surface area contributed by atoms with Gasteiger partial charge in [-0.2, -0.15) is 0 Å². The second-order valence-electron chi connectivity index (χ2n) is 7.89. The summed E-state index contributed by atoms with van der Waals surface area (Å²) in [5.74, 6) is 1.12. The minimum absolute atomic E-state index is 1.06. The van der Waals surface area contributed by atoms with E-state index in [0.717, 1.165) is 5.75 Å². The van der Waals surface area contributed by atoms with Crippen LogP contribution in [0.2, 0.25) is 10.6 Å². The third-order valence-electron chi connectivity index (χ3n) is 5.30. The highest BCUT2D eigenvalue weighted by molar-refractivity contribution is 6.52. The van der Waals surface area contributed by atoms with Crippen molar-refractivity contribution in [1.82, 2.24) is 0 Å². The number of hydrogen-bond acceptors (Lipinski definition) is 1. The molecule has 2 heteroatoms. The van der Waals surface area contributed by atoms with Crippen LogP contribution in [0.4, 0.5) is 0 Å². The van der Waals surface area contributed by atoms with Crippen LogP contribution >= 0.6 is 0 Å². The molecule has 0 bridgehead atoms. The second-order valence-corrected chi connectivity index (χ2v) is 10.5. The van der Waals surface area contributed by atoms with Gasteiger partial charge in [-0.3, -0.25) is 0 Å². The highest BCUT2D eigenvalue weighted by atomic mass is 27.2. The van der Waals surface area contributed by atoms with Crippen molar-refractivity contribution in [2.75, 3.05) is 0 Å². The van der Waals surface area contributed by atoms with Crippen molar-refractivity contribution in [3.63, 3.8) is 0 Å². The number of unbranched alkanes of at least 4 members (excludes halogenated alkanes) is 9. The SMILES string of the molecule is CCCCCCCCCCc1ccc([O][Al]([CH2]CCC)[CH2]CCC)cc1. The van der Waals surface area contributed by atoms with Crippen molar-refractivity contribution in [2.45, 2.75) is 115 Å². The molecule has 0 radical (unpaired) electrons. The first-order chi connectivity index (χ1) is 12.8. The maximum atomic E-state index is 6.40. The van der Waals surface area contributed by atoms with Crippen molar-refractivity contribution in [3.05, 3.63) is 29.8 Å². The molecule has 1 nitrogen and oxygen atoms in total. The lowest BCUT2D eigenvalue weighted by Crippen LogP contribution is -2.21. The van der Waals surface area contributed by atoms with E-state index in [0.29, 0.717) is 0 Å². The average Bonchev–Trinajstić information content (AvgIpc) is 2.67. The predicted molar refractivity (Wildman–Crippen MR) is 119 cm³/mol. The Morgan fingerprint density at radius 3 is 1.65 bits per heavy atom. The summed E-state index contributed by atoms with van der Waals surface area (Å²) < 4.78 is 6.40. The summed E-state index contributed by atoms with van der Waals surface area (Å²) in [4.78, 5) is 0. The van der Waals surface area contributed by atoms with E-state index in [-0.39, 0.29) is 0 Å². The van der Waals surface area contributed by atoms with Gasteiger partial charge in [-0.15, -0.1) is 0 Å². The zero-order chi connectivity index (χ0) is 18.9. The molecule has 0 amide bonds. The lowest BCUT2D eigenvalue weighted by Gasteiger charge is -2.15. The van der Waals surface area contributed by atoms with Gasteiger partial charge >= 0.3 is 14.5 Å². The molecule has 0 spiro atoms. The molecule has 0 heterocycles. The van der Waals surface area contributed by atoms with Crippen LogP contribution in [-0.2, 0) is 6.42 Å². The van der Waals surface area contributed by atoms with Crippen molar-refractivity contribution in [3.8, 4) is 5.75 Å². The molecule has 0 aromatic heterocycles. The van der Waals surface area contributed by atoms with Crippen LogP contribution in [0, 0.1) is 0 Å². The molecular weight excluding hydrogens is 331 g/mol. The van der Waals surface area contributed by atoms with Gasteiger partial charge in [-0.1, -0.05) is 114 Å². The third-order valence-corrected chi connectivity index (χ3v) is 8.01. The zero-order valence-corrected chi connectivity index (χ0v) is 19.1. The van der Waals surface area contributed by atoms with Gasteiger partial charge in [0.05, 0.1) is 5.75 Å². The normalized spacial score (nSPS) is 10.9. The fourth-order valence-corrected chi connectivity index (χ4v) is 6.31. The number of aryl methyl sites for hydroxylation is 1. The van der Waals surface area contributed by atoms with Gasteiger partial charge < -0.3 is 3.79 Å². The van der Waals surface area contributed by atoms with E-state index in [1.165, 1.54) is 99.6 Å². The molecule has 0 atom stereocenters. The van der Waals surface area contributed by atoms with Gasteiger partial charge in [-0.05, 0) is 30.5 Å². The molecule has 0 unspecified atom stereocenters. The summed E-state index contributed by atoms with van der Waals surface area (Å²) in [6, 6.07) is 9.03. The molecule has 0 fully saturated rings. The molecule has 0 aliphatic carbocycles. The minimum atomic E-state index is -1.06. The Morgan fingerprint density at radius 1 is 0.615 bits per heavy atom.